The maximum absolute atomic E-state index is 12.0. The number of rotatable bonds is 7. The van der Waals surface area contributed by atoms with Gasteiger partial charge in [-0.2, -0.15) is 0 Å². The zero-order valence-corrected chi connectivity index (χ0v) is 14.7. The van der Waals surface area contributed by atoms with Gasteiger partial charge in [0.25, 0.3) is 0 Å². The highest BCUT2D eigenvalue weighted by molar-refractivity contribution is 5.89. The van der Waals surface area contributed by atoms with Gasteiger partial charge in [-0.3, -0.25) is 9.59 Å². The van der Waals surface area contributed by atoms with Gasteiger partial charge in [0, 0.05) is 24.8 Å². The van der Waals surface area contributed by atoms with Crippen LogP contribution in [-0.2, 0) is 16.1 Å². The third-order valence-corrected chi connectivity index (χ3v) is 3.62. The maximum atomic E-state index is 12.0. The van der Waals surface area contributed by atoms with Crippen LogP contribution in [0, 0.1) is 6.92 Å². The summed E-state index contributed by atoms with van der Waals surface area (Å²) in [5.41, 5.74) is 3.46. The molecule has 6 heteroatoms. The first kappa shape index (κ1) is 18.3. The monoisotopic (exact) mass is 341 g/mol. The molecule has 3 N–H and O–H groups in total. The number of amides is 2. The predicted molar refractivity (Wildman–Crippen MR) is 98.8 cm³/mol. The van der Waals surface area contributed by atoms with E-state index in [-0.39, 0.29) is 18.4 Å². The lowest BCUT2D eigenvalue weighted by Crippen LogP contribution is -2.29. The van der Waals surface area contributed by atoms with E-state index in [9.17, 15) is 9.59 Å². The minimum absolute atomic E-state index is 0.118. The first-order valence-electron chi connectivity index (χ1n) is 7.99. The lowest BCUT2D eigenvalue weighted by molar-refractivity contribution is -0.119. The fourth-order valence-corrected chi connectivity index (χ4v) is 2.31. The highest BCUT2D eigenvalue weighted by atomic mass is 16.5. The number of benzene rings is 2. The van der Waals surface area contributed by atoms with Crippen LogP contribution in [0.25, 0.3) is 0 Å². The van der Waals surface area contributed by atoms with Crippen LogP contribution in [0.3, 0.4) is 0 Å². The molecule has 0 saturated heterocycles. The van der Waals surface area contributed by atoms with Gasteiger partial charge in [0.1, 0.15) is 5.75 Å². The van der Waals surface area contributed by atoms with E-state index >= 15 is 0 Å². The van der Waals surface area contributed by atoms with Crippen molar-refractivity contribution in [3.8, 4) is 5.75 Å². The molecule has 2 aromatic carbocycles. The molecule has 0 heterocycles. The van der Waals surface area contributed by atoms with Crippen molar-refractivity contribution in [3.05, 3.63) is 53.6 Å². The predicted octanol–water partition coefficient (Wildman–Crippen LogP) is 2.69. The van der Waals surface area contributed by atoms with E-state index in [2.05, 4.69) is 16.0 Å². The summed E-state index contributed by atoms with van der Waals surface area (Å²) in [4.78, 5) is 23.2. The van der Waals surface area contributed by atoms with E-state index in [0.717, 1.165) is 22.6 Å². The first-order chi connectivity index (χ1) is 12.0. The van der Waals surface area contributed by atoms with E-state index < -0.39 is 0 Å². The van der Waals surface area contributed by atoms with Gasteiger partial charge >= 0.3 is 0 Å². The summed E-state index contributed by atoms with van der Waals surface area (Å²) >= 11 is 0. The van der Waals surface area contributed by atoms with Crippen LogP contribution in [-0.4, -0.2) is 25.5 Å². The van der Waals surface area contributed by atoms with E-state index in [1.54, 1.807) is 7.11 Å². The van der Waals surface area contributed by atoms with Gasteiger partial charge in [-0.05, 0) is 42.3 Å². The van der Waals surface area contributed by atoms with Crippen LogP contribution in [0.15, 0.2) is 42.5 Å². The molecule has 2 rings (SSSR count). The molecule has 25 heavy (non-hydrogen) atoms. The summed E-state index contributed by atoms with van der Waals surface area (Å²) < 4.78 is 5.16. The summed E-state index contributed by atoms with van der Waals surface area (Å²) in [5.74, 6) is 0.508. The van der Waals surface area contributed by atoms with Gasteiger partial charge in [0.15, 0.2) is 0 Å². The quantitative estimate of drug-likeness (QED) is 0.723. The van der Waals surface area contributed by atoms with Crippen molar-refractivity contribution in [1.29, 1.82) is 0 Å². The second-order valence-corrected chi connectivity index (χ2v) is 5.69. The topological polar surface area (TPSA) is 79.5 Å². The molecule has 0 aliphatic rings. The van der Waals surface area contributed by atoms with Crippen molar-refractivity contribution < 1.29 is 14.3 Å². The highest BCUT2D eigenvalue weighted by Gasteiger charge is 2.05. The van der Waals surface area contributed by atoms with Crippen molar-refractivity contribution in [3.63, 3.8) is 0 Å². The van der Waals surface area contributed by atoms with Gasteiger partial charge in [-0.1, -0.05) is 18.2 Å². The largest absolute Gasteiger partial charge is 0.497 e. The summed E-state index contributed by atoms with van der Waals surface area (Å²) in [6.45, 7) is 3.98. The highest BCUT2D eigenvalue weighted by Crippen LogP contribution is 2.20. The van der Waals surface area contributed by atoms with Crippen molar-refractivity contribution in [1.82, 2.24) is 5.32 Å². The molecule has 0 aromatic heterocycles. The Balaban J connectivity index is 1.88. The molecule has 0 atom stereocenters. The van der Waals surface area contributed by atoms with Crippen LogP contribution in [0.2, 0.25) is 0 Å². The molecule has 6 nitrogen and oxygen atoms in total. The molecule has 132 valence electrons. The molecule has 0 spiro atoms. The van der Waals surface area contributed by atoms with E-state index in [0.29, 0.717) is 12.2 Å². The van der Waals surface area contributed by atoms with Crippen LogP contribution in [0.1, 0.15) is 18.1 Å². The molecular weight excluding hydrogens is 318 g/mol. The first-order valence-corrected chi connectivity index (χ1v) is 7.99. The van der Waals surface area contributed by atoms with E-state index in [1.807, 2.05) is 49.4 Å². The molecule has 0 bridgehead atoms. The average Bonchev–Trinajstić information content (AvgIpc) is 2.60. The summed E-state index contributed by atoms with van der Waals surface area (Å²) in [7, 11) is 1.61. The van der Waals surface area contributed by atoms with E-state index in [4.69, 9.17) is 4.74 Å². The zero-order valence-electron chi connectivity index (χ0n) is 14.7. The van der Waals surface area contributed by atoms with Crippen molar-refractivity contribution in [2.45, 2.75) is 20.4 Å². The van der Waals surface area contributed by atoms with Gasteiger partial charge in [0.05, 0.1) is 13.7 Å². The Bertz CT molecular complexity index is 759. The number of nitrogens with one attached hydrogen (secondary N) is 3. The number of carbonyl (C=O) groups excluding carboxylic acids is 2. The van der Waals surface area contributed by atoms with Gasteiger partial charge < -0.3 is 20.7 Å². The Hall–Kier alpha value is -3.02. The third-order valence-electron chi connectivity index (χ3n) is 3.62. The Morgan fingerprint density at radius 3 is 2.64 bits per heavy atom. The average molecular weight is 341 g/mol. The Labute approximate surface area is 147 Å². The minimum Gasteiger partial charge on any atom is -0.497 e. The SMILES string of the molecule is COc1cccc(CNC(=O)CNc2cc(NC(C)=O)ccc2C)c1. The number of aryl methyl sites for hydroxylation is 1. The Kier molecular flexibility index (Phi) is 6.39. The van der Waals surface area contributed by atoms with Crippen LogP contribution in [0.5, 0.6) is 5.75 Å². The molecule has 2 amide bonds. The van der Waals surface area contributed by atoms with Crippen molar-refractivity contribution >= 4 is 23.2 Å². The van der Waals surface area contributed by atoms with Crippen LogP contribution in [0.4, 0.5) is 11.4 Å². The lowest BCUT2D eigenvalue weighted by atomic mass is 10.1. The molecule has 0 aliphatic heterocycles. The Morgan fingerprint density at radius 2 is 1.92 bits per heavy atom. The lowest BCUT2D eigenvalue weighted by Gasteiger charge is -2.12. The number of ether oxygens (including phenoxy) is 1. The summed E-state index contributed by atoms with van der Waals surface area (Å²) in [6, 6.07) is 13.1. The molecule has 2 aromatic rings. The molecule has 0 aliphatic carbocycles. The smallest absolute Gasteiger partial charge is 0.239 e. The molecule has 0 radical (unpaired) electrons. The zero-order chi connectivity index (χ0) is 18.2. The van der Waals surface area contributed by atoms with Gasteiger partial charge in [0.2, 0.25) is 11.8 Å². The van der Waals surface area contributed by atoms with Crippen LogP contribution >= 0.6 is 0 Å². The number of carbonyl (C=O) groups is 2. The molecule has 0 fully saturated rings. The maximum Gasteiger partial charge on any atom is 0.239 e. The summed E-state index contributed by atoms with van der Waals surface area (Å²) in [5, 5.41) is 8.68. The summed E-state index contributed by atoms with van der Waals surface area (Å²) in [6.07, 6.45) is 0. The fourth-order valence-electron chi connectivity index (χ4n) is 2.31. The van der Waals surface area contributed by atoms with Crippen molar-refractivity contribution in [2.24, 2.45) is 0 Å². The molecule has 0 saturated carbocycles. The Morgan fingerprint density at radius 1 is 1.12 bits per heavy atom. The second-order valence-electron chi connectivity index (χ2n) is 5.69. The van der Waals surface area contributed by atoms with Crippen molar-refractivity contribution in [2.75, 3.05) is 24.3 Å². The number of hydrogen-bond donors (Lipinski definition) is 3. The van der Waals surface area contributed by atoms with Crippen LogP contribution < -0.4 is 20.7 Å². The number of methoxy groups -OCH3 is 1. The van der Waals surface area contributed by atoms with E-state index in [1.165, 1.54) is 6.92 Å². The standard InChI is InChI=1S/C19H23N3O3/c1-13-7-8-16(22-14(2)23)10-18(13)20-12-19(24)21-11-15-5-4-6-17(9-15)25-3/h4-10,20H,11-12H2,1-3H3,(H,21,24)(H,22,23). The molecular formula is C19H23N3O3. The normalized spacial score (nSPS) is 10.0. The van der Waals surface area contributed by atoms with Gasteiger partial charge in [-0.25, -0.2) is 0 Å². The second kappa shape index (κ2) is 8.73. The molecule has 0 unspecified atom stereocenters. The minimum atomic E-state index is -0.133. The third kappa shape index (κ3) is 5.84. The number of anilines is 2. The van der Waals surface area contributed by atoms with Gasteiger partial charge in [-0.15, -0.1) is 0 Å². The fraction of sp³-hybridized carbons (Fsp3) is 0.263. The number of hydrogen-bond acceptors (Lipinski definition) is 4.